The Labute approximate surface area is 165 Å². The zero-order chi connectivity index (χ0) is 19.7. The fraction of sp³-hybridized carbons (Fsp3) is 0.619. The number of rotatable bonds is 3. The van der Waals surface area contributed by atoms with Crippen LogP contribution in [-0.4, -0.2) is 63.9 Å². The molecule has 3 heterocycles. The molecule has 2 fully saturated rings. The van der Waals surface area contributed by atoms with Gasteiger partial charge in [-0.15, -0.1) is 0 Å². The van der Waals surface area contributed by atoms with Crippen LogP contribution in [-0.2, 0) is 11.8 Å². The molecular weight excluding hydrogens is 356 g/mol. The van der Waals surface area contributed by atoms with E-state index in [1.54, 1.807) is 4.57 Å². The van der Waals surface area contributed by atoms with Crippen molar-refractivity contribution in [3.8, 4) is 0 Å². The first-order valence-corrected chi connectivity index (χ1v) is 10.4. The molecule has 1 aromatic carbocycles. The SMILES string of the molecule is CCOC(=O)N1CCC(N2CCC(n3c(=O)n(C)c4ccccc43)CC2)CC1. The Morgan fingerprint density at radius 1 is 1.00 bits per heavy atom. The van der Waals surface area contributed by atoms with E-state index in [0.29, 0.717) is 12.6 Å². The Kier molecular flexibility index (Phi) is 5.44. The summed E-state index contributed by atoms with van der Waals surface area (Å²) in [6.07, 6.45) is 3.79. The van der Waals surface area contributed by atoms with Crippen LogP contribution in [0.2, 0.25) is 0 Å². The van der Waals surface area contributed by atoms with Gasteiger partial charge in [0.25, 0.3) is 0 Å². The van der Waals surface area contributed by atoms with E-state index in [0.717, 1.165) is 62.9 Å². The van der Waals surface area contributed by atoms with Crippen molar-refractivity contribution in [2.45, 2.75) is 44.7 Å². The maximum Gasteiger partial charge on any atom is 0.409 e. The standard InChI is InChI=1S/C21H30N4O3/c1-3-28-21(27)24-14-8-16(9-15-24)23-12-10-17(11-13-23)25-19-7-5-4-6-18(19)22(2)20(25)26/h4-7,16-17H,3,8-15H2,1-2H3. The average molecular weight is 386 g/mol. The molecule has 0 unspecified atom stereocenters. The minimum atomic E-state index is -0.185. The van der Waals surface area contributed by atoms with Gasteiger partial charge in [-0.1, -0.05) is 12.1 Å². The topological polar surface area (TPSA) is 59.7 Å². The van der Waals surface area contributed by atoms with Crippen LogP contribution < -0.4 is 5.69 Å². The second kappa shape index (κ2) is 7.99. The minimum Gasteiger partial charge on any atom is -0.450 e. The van der Waals surface area contributed by atoms with Gasteiger partial charge in [0.15, 0.2) is 0 Å². The molecule has 7 heteroatoms. The van der Waals surface area contributed by atoms with Crippen molar-refractivity contribution in [3.63, 3.8) is 0 Å². The summed E-state index contributed by atoms with van der Waals surface area (Å²) in [7, 11) is 1.85. The molecule has 0 spiro atoms. The van der Waals surface area contributed by atoms with Gasteiger partial charge < -0.3 is 14.5 Å². The Morgan fingerprint density at radius 3 is 2.25 bits per heavy atom. The average Bonchev–Trinajstić information content (AvgIpc) is 2.99. The van der Waals surface area contributed by atoms with Gasteiger partial charge in [0.05, 0.1) is 17.6 Å². The van der Waals surface area contributed by atoms with E-state index in [4.69, 9.17) is 4.74 Å². The van der Waals surface area contributed by atoms with E-state index in [1.807, 2.05) is 47.7 Å². The van der Waals surface area contributed by atoms with Gasteiger partial charge in [-0.25, -0.2) is 9.59 Å². The lowest BCUT2D eigenvalue weighted by atomic mass is 9.97. The molecule has 152 valence electrons. The molecule has 7 nitrogen and oxygen atoms in total. The molecule has 2 saturated heterocycles. The van der Waals surface area contributed by atoms with Gasteiger partial charge in [0.1, 0.15) is 0 Å². The predicted molar refractivity (Wildman–Crippen MR) is 109 cm³/mol. The highest BCUT2D eigenvalue weighted by Gasteiger charge is 2.31. The third-order valence-electron chi connectivity index (χ3n) is 6.37. The van der Waals surface area contributed by atoms with Crippen molar-refractivity contribution in [2.24, 2.45) is 7.05 Å². The summed E-state index contributed by atoms with van der Waals surface area (Å²) in [6.45, 7) is 5.82. The molecule has 0 saturated carbocycles. The second-order valence-electron chi connectivity index (χ2n) is 7.88. The number of carbonyl (C=O) groups excluding carboxylic acids is 1. The third-order valence-corrected chi connectivity index (χ3v) is 6.37. The first-order chi connectivity index (χ1) is 13.6. The molecule has 28 heavy (non-hydrogen) atoms. The smallest absolute Gasteiger partial charge is 0.409 e. The fourth-order valence-electron chi connectivity index (χ4n) is 4.81. The summed E-state index contributed by atoms with van der Waals surface area (Å²) in [4.78, 5) is 29.0. The quantitative estimate of drug-likeness (QED) is 0.814. The van der Waals surface area contributed by atoms with Crippen LogP contribution >= 0.6 is 0 Å². The number of para-hydroxylation sites is 2. The number of aromatic nitrogens is 2. The first-order valence-electron chi connectivity index (χ1n) is 10.4. The Hall–Kier alpha value is -2.28. The maximum absolute atomic E-state index is 12.8. The number of ether oxygens (including phenoxy) is 1. The van der Waals surface area contributed by atoms with E-state index in [-0.39, 0.29) is 17.8 Å². The Balaban J connectivity index is 1.38. The molecule has 0 bridgehead atoms. The molecule has 4 rings (SSSR count). The molecule has 2 aromatic rings. The molecule has 0 radical (unpaired) electrons. The minimum absolute atomic E-state index is 0.0856. The molecule has 0 atom stereocenters. The number of aryl methyl sites for hydroxylation is 1. The summed E-state index contributed by atoms with van der Waals surface area (Å²) >= 11 is 0. The van der Waals surface area contributed by atoms with Gasteiger partial charge in [-0.05, 0) is 44.7 Å². The number of piperidine rings is 2. The Morgan fingerprint density at radius 2 is 1.61 bits per heavy atom. The van der Waals surface area contributed by atoms with Crippen LogP contribution in [0.4, 0.5) is 4.79 Å². The molecule has 1 amide bonds. The number of likely N-dealkylation sites (tertiary alicyclic amines) is 2. The number of imidazole rings is 1. The highest BCUT2D eigenvalue weighted by atomic mass is 16.6. The van der Waals surface area contributed by atoms with Gasteiger partial charge >= 0.3 is 11.8 Å². The summed E-state index contributed by atoms with van der Waals surface area (Å²) in [5, 5.41) is 0. The maximum atomic E-state index is 12.8. The van der Waals surface area contributed by atoms with Gasteiger partial charge in [-0.2, -0.15) is 0 Å². The summed E-state index contributed by atoms with van der Waals surface area (Å²) in [5.74, 6) is 0. The van der Waals surface area contributed by atoms with Crippen molar-refractivity contribution in [1.29, 1.82) is 0 Å². The normalized spacial score (nSPS) is 20.0. The van der Waals surface area contributed by atoms with Crippen molar-refractivity contribution in [1.82, 2.24) is 18.9 Å². The summed E-state index contributed by atoms with van der Waals surface area (Å²) < 4.78 is 8.87. The van der Waals surface area contributed by atoms with Crippen molar-refractivity contribution in [3.05, 3.63) is 34.7 Å². The fourth-order valence-corrected chi connectivity index (χ4v) is 4.81. The molecule has 1 aromatic heterocycles. The van der Waals surface area contributed by atoms with E-state index >= 15 is 0 Å². The number of hydrogen-bond acceptors (Lipinski definition) is 4. The van der Waals surface area contributed by atoms with Crippen LogP contribution in [0.5, 0.6) is 0 Å². The summed E-state index contributed by atoms with van der Waals surface area (Å²) in [5.41, 5.74) is 2.12. The van der Waals surface area contributed by atoms with Crippen molar-refractivity contribution >= 4 is 17.1 Å². The summed E-state index contributed by atoms with van der Waals surface area (Å²) in [6, 6.07) is 8.83. The number of nitrogens with zero attached hydrogens (tertiary/aromatic N) is 4. The van der Waals surface area contributed by atoms with Crippen LogP contribution in [0.25, 0.3) is 11.0 Å². The molecule has 2 aliphatic rings. The van der Waals surface area contributed by atoms with Crippen molar-refractivity contribution in [2.75, 3.05) is 32.8 Å². The third kappa shape index (κ3) is 3.43. The predicted octanol–water partition coefficient (Wildman–Crippen LogP) is 2.60. The van der Waals surface area contributed by atoms with Gasteiger partial charge in [-0.3, -0.25) is 9.13 Å². The second-order valence-corrected chi connectivity index (χ2v) is 7.88. The molecule has 0 N–H and O–H groups in total. The number of hydrogen-bond donors (Lipinski definition) is 0. The zero-order valence-electron chi connectivity index (χ0n) is 16.8. The number of amides is 1. The van der Waals surface area contributed by atoms with E-state index < -0.39 is 0 Å². The van der Waals surface area contributed by atoms with Crippen LogP contribution in [0.15, 0.2) is 29.1 Å². The zero-order valence-corrected chi connectivity index (χ0v) is 16.8. The van der Waals surface area contributed by atoms with Gasteiger partial charge in [0, 0.05) is 45.3 Å². The monoisotopic (exact) mass is 386 g/mol. The largest absolute Gasteiger partial charge is 0.450 e. The molecular formula is C21H30N4O3. The van der Waals surface area contributed by atoms with Crippen LogP contribution in [0.1, 0.15) is 38.6 Å². The highest BCUT2D eigenvalue weighted by Crippen LogP contribution is 2.28. The van der Waals surface area contributed by atoms with E-state index in [9.17, 15) is 9.59 Å². The number of benzene rings is 1. The molecule has 0 aliphatic carbocycles. The van der Waals surface area contributed by atoms with Crippen LogP contribution in [0.3, 0.4) is 0 Å². The lowest BCUT2D eigenvalue weighted by Gasteiger charge is -2.41. The lowest BCUT2D eigenvalue weighted by Crippen LogP contribution is -2.49. The van der Waals surface area contributed by atoms with Crippen LogP contribution in [0, 0.1) is 0 Å². The first kappa shape index (κ1) is 19.1. The van der Waals surface area contributed by atoms with Crippen molar-refractivity contribution < 1.29 is 9.53 Å². The van der Waals surface area contributed by atoms with E-state index in [2.05, 4.69) is 4.90 Å². The number of carbonyl (C=O) groups is 1. The number of fused-ring (bicyclic) bond motifs is 1. The Bertz CT molecular complexity index is 887. The van der Waals surface area contributed by atoms with Gasteiger partial charge in [0.2, 0.25) is 0 Å². The van der Waals surface area contributed by atoms with E-state index in [1.165, 1.54) is 0 Å². The highest BCUT2D eigenvalue weighted by molar-refractivity contribution is 5.76. The molecule has 2 aliphatic heterocycles. The lowest BCUT2D eigenvalue weighted by molar-refractivity contribution is 0.0624.